The summed E-state index contributed by atoms with van der Waals surface area (Å²) >= 11 is 0. The minimum Gasteiger partial charge on any atom is -0.367 e. The van der Waals surface area contributed by atoms with E-state index in [9.17, 15) is 17.6 Å². The number of nitrogens with one attached hydrogen (secondary N) is 1. The van der Waals surface area contributed by atoms with E-state index in [0.29, 0.717) is 23.4 Å². The molecule has 2 aromatic rings. The molecule has 1 fully saturated rings. The molecule has 3 rings (SSSR count). The van der Waals surface area contributed by atoms with Gasteiger partial charge in [-0.3, -0.25) is 4.79 Å². The van der Waals surface area contributed by atoms with Gasteiger partial charge in [-0.2, -0.15) is 0 Å². The molecule has 1 heterocycles. The van der Waals surface area contributed by atoms with Crippen LogP contribution in [0.4, 0.5) is 10.1 Å². The van der Waals surface area contributed by atoms with E-state index in [1.54, 1.807) is 19.1 Å². The Labute approximate surface area is 165 Å². The number of anilines is 1. The van der Waals surface area contributed by atoms with Crippen molar-refractivity contribution in [1.82, 2.24) is 5.32 Å². The normalized spacial score (nSPS) is 17.4. The molecule has 2 aromatic carbocycles. The van der Waals surface area contributed by atoms with Crippen LogP contribution in [0.1, 0.15) is 34.3 Å². The number of hydrogen-bond acceptors (Lipinski definition) is 4. The highest BCUT2D eigenvalue weighted by Crippen LogP contribution is 2.25. The first-order valence-electron chi connectivity index (χ1n) is 9.28. The third kappa shape index (κ3) is 4.52. The van der Waals surface area contributed by atoms with Gasteiger partial charge >= 0.3 is 0 Å². The maximum Gasteiger partial charge on any atom is 0.251 e. The van der Waals surface area contributed by atoms with Gasteiger partial charge in [0.1, 0.15) is 5.82 Å². The SMILES string of the molecule is Cc1ccc(F)c(N2CCCC(NC(=O)c3cc(S(C)(=O)=O)ccc3C)C2)c1. The molecule has 0 bridgehead atoms. The molecule has 0 radical (unpaired) electrons. The van der Waals surface area contributed by atoms with Gasteiger partial charge in [0, 0.05) is 31.0 Å². The van der Waals surface area contributed by atoms with E-state index in [1.807, 2.05) is 17.9 Å². The van der Waals surface area contributed by atoms with Gasteiger partial charge in [0.15, 0.2) is 9.84 Å². The van der Waals surface area contributed by atoms with Gasteiger partial charge < -0.3 is 10.2 Å². The molecule has 1 amide bonds. The van der Waals surface area contributed by atoms with E-state index in [4.69, 9.17) is 0 Å². The predicted octanol–water partition coefficient (Wildman–Crippen LogP) is 3.24. The second-order valence-electron chi connectivity index (χ2n) is 7.46. The van der Waals surface area contributed by atoms with Crippen LogP contribution < -0.4 is 10.2 Å². The molecule has 0 spiro atoms. The molecule has 0 saturated carbocycles. The largest absolute Gasteiger partial charge is 0.367 e. The number of sulfone groups is 1. The van der Waals surface area contributed by atoms with Crippen LogP contribution in [0.15, 0.2) is 41.3 Å². The third-order valence-electron chi connectivity index (χ3n) is 5.08. The Hall–Kier alpha value is -2.41. The maximum atomic E-state index is 14.2. The van der Waals surface area contributed by atoms with Gasteiger partial charge in [-0.25, -0.2) is 12.8 Å². The fraction of sp³-hybridized carbons (Fsp3) is 0.381. The van der Waals surface area contributed by atoms with Crippen LogP contribution in [0.25, 0.3) is 0 Å². The summed E-state index contributed by atoms with van der Waals surface area (Å²) in [6, 6.07) is 9.44. The minimum atomic E-state index is -3.39. The van der Waals surface area contributed by atoms with Crippen LogP contribution in [-0.4, -0.2) is 39.7 Å². The van der Waals surface area contributed by atoms with Gasteiger partial charge in [0.05, 0.1) is 10.6 Å². The molecule has 5 nitrogen and oxygen atoms in total. The van der Waals surface area contributed by atoms with E-state index in [2.05, 4.69) is 5.32 Å². The first kappa shape index (κ1) is 20.3. The molecule has 7 heteroatoms. The van der Waals surface area contributed by atoms with Crippen LogP contribution in [0.5, 0.6) is 0 Å². The van der Waals surface area contributed by atoms with Crippen molar-refractivity contribution in [2.75, 3.05) is 24.2 Å². The van der Waals surface area contributed by atoms with Crippen LogP contribution in [0.2, 0.25) is 0 Å². The van der Waals surface area contributed by atoms with Crippen molar-refractivity contribution in [3.63, 3.8) is 0 Å². The predicted molar refractivity (Wildman–Crippen MR) is 108 cm³/mol. The number of amides is 1. The lowest BCUT2D eigenvalue weighted by molar-refractivity contribution is 0.0932. The Balaban J connectivity index is 1.77. The molecule has 150 valence electrons. The summed E-state index contributed by atoms with van der Waals surface area (Å²) in [6.07, 6.45) is 2.75. The number of halogens is 1. The first-order valence-corrected chi connectivity index (χ1v) is 11.2. The Morgan fingerprint density at radius 1 is 1.18 bits per heavy atom. The van der Waals surface area contributed by atoms with E-state index in [-0.39, 0.29) is 22.7 Å². The van der Waals surface area contributed by atoms with Crippen LogP contribution in [0.3, 0.4) is 0 Å². The number of benzene rings is 2. The zero-order valence-electron chi connectivity index (χ0n) is 16.3. The first-order chi connectivity index (χ1) is 13.1. The Morgan fingerprint density at radius 3 is 2.64 bits per heavy atom. The van der Waals surface area contributed by atoms with Gasteiger partial charge in [-0.1, -0.05) is 12.1 Å². The number of aryl methyl sites for hydroxylation is 2. The van der Waals surface area contributed by atoms with Gasteiger partial charge in [-0.05, 0) is 62.1 Å². The summed E-state index contributed by atoms with van der Waals surface area (Å²) in [7, 11) is -3.39. The lowest BCUT2D eigenvalue weighted by atomic mass is 10.0. The molecular formula is C21H25FN2O3S. The van der Waals surface area contributed by atoms with Crippen molar-refractivity contribution in [1.29, 1.82) is 0 Å². The second-order valence-corrected chi connectivity index (χ2v) is 9.48. The van der Waals surface area contributed by atoms with Gasteiger partial charge in [0.25, 0.3) is 5.91 Å². The Morgan fingerprint density at radius 2 is 1.93 bits per heavy atom. The molecule has 1 aliphatic rings. The molecule has 1 saturated heterocycles. The summed E-state index contributed by atoms with van der Waals surface area (Å²) < 4.78 is 37.8. The molecule has 1 aliphatic heterocycles. The van der Waals surface area contributed by atoms with E-state index in [1.165, 1.54) is 18.2 Å². The number of carbonyl (C=O) groups excluding carboxylic acids is 1. The third-order valence-corrected chi connectivity index (χ3v) is 6.19. The van der Waals surface area contributed by atoms with E-state index < -0.39 is 9.84 Å². The molecule has 28 heavy (non-hydrogen) atoms. The smallest absolute Gasteiger partial charge is 0.251 e. The summed E-state index contributed by atoms with van der Waals surface area (Å²) in [5.41, 5.74) is 2.59. The highest BCUT2D eigenvalue weighted by molar-refractivity contribution is 7.90. The van der Waals surface area contributed by atoms with E-state index >= 15 is 0 Å². The fourth-order valence-electron chi connectivity index (χ4n) is 3.52. The van der Waals surface area contributed by atoms with Crippen LogP contribution in [0, 0.1) is 19.7 Å². The highest BCUT2D eigenvalue weighted by atomic mass is 32.2. The summed E-state index contributed by atoms with van der Waals surface area (Å²) in [4.78, 5) is 14.9. The standard InChI is InChI=1S/C21H25FN2O3S/c1-14-6-9-19(22)20(11-14)24-10-4-5-16(13-24)23-21(25)18-12-17(28(3,26)27)8-7-15(18)2/h6-9,11-12,16H,4-5,10,13H2,1-3H3,(H,23,25). The lowest BCUT2D eigenvalue weighted by Gasteiger charge is -2.35. The van der Waals surface area contributed by atoms with Gasteiger partial charge in [-0.15, -0.1) is 0 Å². The average Bonchev–Trinajstić information content (AvgIpc) is 2.63. The quantitative estimate of drug-likeness (QED) is 0.850. The molecule has 0 aromatic heterocycles. The molecule has 1 N–H and O–H groups in total. The fourth-order valence-corrected chi connectivity index (χ4v) is 4.17. The molecular weight excluding hydrogens is 379 g/mol. The Kier molecular flexibility index (Phi) is 5.74. The number of nitrogens with zero attached hydrogens (tertiary/aromatic N) is 1. The zero-order chi connectivity index (χ0) is 20.5. The molecule has 1 unspecified atom stereocenters. The number of rotatable bonds is 4. The van der Waals surface area contributed by atoms with Crippen molar-refractivity contribution < 1.29 is 17.6 Å². The minimum absolute atomic E-state index is 0.121. The van der Waals surface area contributed by atoms with Crippen molar-refractivity contribution in [2.45, 2.75) is 37.6 Å². The number of carbonyl (C=O) groups is 1. The zero-order valence-corrected chi connectivity index (χ0v) is 17.1. The Bertz CT molecular complexity index is 1000. The van der Waals surface area contributed by atoms with Gasteiger partial charge in [0.2, 0.25) is 0 Å². The van der Waals surface area contributed by atoms with Crippen molar-refractivity contribution in [2.24, 2.45) is 0 Å². The topological polar surface area (TPSA) is 66.5 Å². The molecule has 0 aliphatic carbocycles. The monoisotopic (exact) mass is 404 g/mol. The summed E-state index contributed by atoms with van der Waals surface area (Å²) in [6.45, 7) is 4.94. The number of piperidine rings is 1. The van der Waals surface area contributed by atoms with Crippen molar-refractivity contribution >= 4 is 21.4 Å². The van der Waals surface area contributed by atoms with Crippen LogP contribution >= 0.6 is 0 Å². The summed E-state index contributed by atoms with van der Waals surface area (Å²) in [5, 5.41) is 2.99. The average molecular weight is 405 g/mol. The second kappa shape index (κ2) is 7.91. The van der Waals surface area contributed by atoms with Crippen molar-refractivity contribution in [3.8, 4) is 0 Å². The summed E-state index contributed by atoms with van der Waals surface area (Å²) in [5.74, 6) is -0.575. The molecule has 1 atom stereocenters. The highest BCUT2D eigenvalue weighted by Gasteiger charge is 2.24. The number of hydrogen-bond donors (Lipinski definition) is 1. The van der Waals surface area contributed by atoms with Crippen LogP contribution in [-0.2, 0) is 9.84 Å². The lowest BCUT2D eigenvalue weighted by Crippen LogP contribution is -2.48. The van der Waals surface area contributed by atoms with E-state index in [0.717, 1.165) is 31.2 Å². The maximum absolute atomic E-state index is 14.2. The van der Waals surface area contributed by atoms with Crippen molar-refractivity contribution in [3.05, 3.63) is 58.9 Å².